The van der Waals surface area contributed by atoms with E-state index in [-0.39, 0.29) is 5.76 Å². The fraction of sp³-hybridized carbons (Fsp3) is 0. The van der Waals surface area contributed by atoms with E-state index in [2.05, 4.69) is 12.1 Å². The number of rotatable bonds is 5. The number of hydrogen-bond acceptors (Lipinski definition) is 1. The van der Waals surface area contributed by atoms with Gasteiger partial charge in [0.1, 0.15) is 5.76 Å². The quantitative estimate of drug-likeness (QED) is 0.571. The molecule has 0 radical (unpaired) electrons. The topological polar surface area (TPSA) is 20.2 Å². The van der Waals surface area contributed by atoms with Gasteiger partial charge in [-0.05, 0) is 23.3 Å². The van der Waals surface area contributed by atoms with Crippen molar-refractivity contribution >= 4 is 12.2 Å². The van der Waals surface area contributed by atoms with Gasteiger partial charge in [0.2, 0.25) is 0 Å². The summed E-state index contributed by atoms with van der Waals surface area (Å²) in [6, 6.07) is 19.8. The number of aliphatic hydroxyl groups excluding tert-OH is 1. The molecule has 0 aliphatic rings. The second-order valence-corrected chi connectivity index (χ2v) is 4.49. The maximum atomic E-state index is 9.76. The zero-order chi connectivity index (χ0) is 14.8. The predicted molar refractivity (Wildman–Crippen MR) is 90.8 cm³/mol. The standard InChI is InChI=1S/C20H18O/c21-20(17-19-14-8-4-9-15-19)16-10-2-1-5-11-18-12-6-3-7-13-18/h1-17,21H/b2-1+,11-5?,16-10+,20-17?. The lowest BCUT2D eigenvalue weighted by Crippen LogP contribution is -1.75. The molecule has 0 aliphatic carbocycles. The molecule has 1 nitrogen and oxygen atoms in total. The molecule has 1 heteroatoms. The Labute approximate surface area is 125 Å². The molecule has 2 aromatic rings. The molecule has 0 spiro atoms. The van der Waals surface area contributed by atoms with Crippen molar-refractivity contribution in [3.63, 3.8) is 0 Å². The highest BCUT2D eigenvalue weighted by atomic mass is 16.3. The second-order valence-electron chi connectivity index (χ2n) is 4.49. The van der Waals surface area contributed by atoms with E-state index >= 15 is 0 Å². The highest BCUT2D eigenvalue weighted by Gasteiger charge is 1.87. The van der Waals surface area contributed by atoms with Crippen LogP contribution in [0, 0.1) is 0 Å². The molecule has 0 aliphatic heterocycles. The summed E-state index contributed by atoms with van der Waals surface area (Å²) in [5.74, 6) is 0.234. The number of allylic oxidation sites excluding steroid dienone is 5. The Morgan fingerprint density at radius 3 is 1.90 bits per heavy atom. The van der Waals surface area contributed by atoms with Gasteiger partial charge in [0.25, 0.3) is 0 Å². The summed E-state index contributed by atoms with van der Waals surface area (Å²) < 4.78 is 0. The number of hydrogen-bond donors (Lipinski definition) is 1. The van der Waals surface area contributed by atoms with Gasteiger partial charge in [0.05, 0.1) is 0 Å². The van der Waals surface area contributed by atoms with Crippen molar-refractivity contribution in [1.82, 2.24) is 0 Å². The average molecular weight is 274 g/mol. The summed E-state index contributed by atoms with van der Waals surface area (Å²) >= 11 is 0. The summed E-state index contributed by atoms with van der Waals surface area (Å²) in [4.78, 5) is 0. The normalized spacial score (nSPS) is 12.7. The van der Waals surface area contributed by atoms with Gasteiger partial charge in [-0.2, -0.15) is 0 Å². The third-order valence-electron chi connectivity index (χ3n) is 2.80. The van der Waals surface area contributed by atoms with Crippen LogP contribution < -0.4 is 0 Å². The Bertz CT molecular complexity index is 647. The van der Waals surface area contributed by atoms with Crippen LogP contribution in [-0.2, 0) is 0 Å². The minimum Gasteiger partial charge on any atom is -0.508 e. The van der Waals surface area contributed by atoms with Crippen molar-refractivity contribution in [3.05, 3.63) is 108 Å². The largest absolute Gasteiger partial charge is 0.508 e. The Morgan fingerprint density at radius 2 is 1.24 bits per heavy atom. The Balaban J connectivity index is 1.86. The van der Waals surface area contributed by atoms with Crippen LogP contribution >= 0.6 is 0 Å². The van der Waals surface area contributed by atoms with Crippen LogP contribution in [0.2, 0.25) is 0 Å². The van der Waals surface area contributed by atoms with Gasteiger partial charge in [-0.15, -0.1) is 0 Å². The summed E-state index contributed by atoms with van der Waals surface area (Å²) in [6.45, 7) is 0. The third kappa shape index (κ3) is 5.79. The molecule has 2 rings (SSSR count). The first kappa shape index (κ1) is 14.6. The Hall–Kier alpha value is -2.80. The minimum atomic E-state index is 0.234. The van der Waals surface area contributed by atoms with Gasteiger partial charge in [0, 0.05) is 0 Å². The monoisotopic (exact) mass is 274 g/mol. The molecule has 0 saturated carbocycles. The first-order chi connectivity index (χ1) is 10.3. The molecule has 0 amide bonds. The fourth-order valence-electron chi connectivity index (χ4n) is 1.78. The first-order valence-corrected chi connectivity index (χ1v) is 6.87. The van der Waals surface area contributed by atoms with E-state index in [1.54, 1.807) is 12.2 Å². The molecular formula is C20H18O. The van der Waals surface area contributed by atoms with Crippen molar-refractivity contribution in [2.45, 2.75) is 0 Å². The summed E-state index contributed by atoms with van der Waals surface area (Å²) in [6.07, 6.45) is 13.0. The van der Waals surface area contributed by atoms with Gasteiger partial charge in [-0.1, -0.05) is 91.0 Å². The maximum absolute atomic E-state index is 9.76. The molecule has 104 valence electrons. The molecule has 21 heavy (non-hydrogen) atoms. The zero-order valence-electron chi connectivity index (χ0n) is 11.8. The molecule has 2 aromatic carbocycles. The Morgan fingerprint density at radius 1 is 0.667 bits per heavy atom. The number of aliphatic hydroxyl groups is 1. The van der Waals surface area contributed by atoms with E-state index in [0.29, 0.717) is 0 Å². The van der Waals surface area contributed by atoms with E-state index in [4.69, 9.17) is 0 Å². The number of benzene rings is 2. The highest BCUT2D eigenvalue weighted by molar-refractivity contribution is 5.53. The molecule has 0 unspecified atom stereocenters. The molecule has 0 saturated heterocycles. The average Bonchev–Trinajstić information content (AvgIpc) is 2.53. The molecule has 1 N–H and O–H groups in total. The smallest absolute Gasteiger partial charge is 0.116 e. The lowest BCUT2D eigenvalue weighted by Gasteiger charge is -1.92. The van der Waals surface area contributed by atoms with Crippen LogP contribution in [-0.4, -0.2) is 5.11 Å². The third-order valence-corrected chi connectivity index (χ3v) is 2.80. The molecule has 0 aromatic heterocycles. The lowest BCUT2D eigenvalue weighted by atomic mass is 10.2. The van der Waals surface area contributed by atoms with Gasteiger partial charge < -0.3 is 5.11 Å². The Kier molecular flexibility index (Phi) is 5.83. The van der Waals surface area contributed by atoms with Crippen molar-refractivity contribution in [2.75, 3.05) is 0 Å². The van der Waals surface area contributed by atoms with E-state index < -0.39 is 0 Å². The van der Waals surface area contributed by atoms with E-state index in [0.717, 1.165) is 11.1 Å². The highest BCUT2D eigenvalue weighted by Crippen LogP contribution is 2.05. The van der Waals surface area contributed by atoms with Gasteiger partial charge in [-0.3, -0.25) is 0 Å². The summed E-state index contributed by atoms with van der Waals surface area (Å²) in [5, 5.41) is 9.76. The predicted octanol–water partition coefficient (Wildman–Crippen LogP) is 5.41. The van der Waals surface area contributed by atoms with Crippen molar-refractivity contribution in [2.24, 2.45) is 0 Å². The van der Waals surface area contributed by atoms with Crippen LogP contribution in [0.1, 0.15) is 11.1 Å². The van der Waals surface area contributed by atoms with Crippen LogP contribution in [0.5, 0.6) is 0 Å². The SMILES string of the molecule is OC(=Cc1ccccc1)/C=C/C=C/C=Cc1ccccc1. The van der Waals surface area contributed by atoms with Crippen LogP contribution in [0.15, 0.2) is 96.8 Å². The molecular weight excluding hydrogens is 256 g/mol. The first-order valence-electron chi connectivity index (χ1n) is 6.87. The van der Waals surface area contributed by atoms with Crippen LogP contribution in [0.25, 0.3) is 12.2 Å². The minimum absolute atomic E-state index is 0.234. The van der Waals surface area contributed by atoms with Crippen LogP contribution in [0.4, 0.5) is 0 Å². The van der Waals surface area contributed by atoms with Crippen molar-refractivity contribution < 1.29 is 5.11 Å². The fourth-order valence-corrected chi connectivity index (χ4v) is 1.78. The maximum Gasteiger partial charge on any atom is 0.116 e. The van der Waals surface area contributed by atoms with E-state index in [9.17, 15) is 5.11 Å². The molecule has 0 fully saturated rings. The van der Waals surface area contributed by atoms with Gasteiger partial charge >= 0.3 is 0 Å². The second kappa shape index (κ2) is 8.39. The molecule has 0 atom stereocenters. The lowest BCUT2D eigenvalue weighted by molar-refractivity contribution is 0.437. The zero-order valence-corrected chi connectivity index (χ0v) is 11.8. The van der Waals surface area contributed by atoms with Crippen molar-refractivity contribution in [3.8, 4) is 0 Å². The molecule has 0 bridgehead atoms. The van der Waals surface area contributed by atoms with Crippen LogP contribution in [0.3, 0.4) is 0 Å². The molecule has 0 heterocycles. The summed E-state index contributed by atoms with van der Waals surface area (Å²) in [5.41, 5.74) is 2.14. The van der Waals surface area contributed by atoms with Crippen molar-refractivity contribution in [1.29, 1.82) is 0 Å². The van der Waals surface area contributed by atoms with E-state index in [1.807, 2.05) is 78.9 Å². The van der Waals surface area contributed by atoms with Gasteiger partial charge in [-0.25, -0.2) is 0 Å². The van der Waals surface area contributed by atoms with E-state index in [1.165, 1.54) is 0 Å². The summed E-state index contributed by atoms with van der Waals surface area (Å²) in [7, 11) is 0. The van der Waals surface area contributed by atoms with Gasteiger partial charge in [0.15, 0.2) is 0 Å².